The van der Waals surface area contributed by atoms with Crippen molar-refractivity contribution < 1.29 is 82.4 Å². The topological polar surface area (TPSA) is 472 Å². The van der Waals surface area contributed by atoms with Crippen molar-refractivity contribution in [3.8, 4) is 0 Å². The van der Waals surface area contributed by atoms with Crippen LogP contribution in [0.3, 0.4) is 0 Å². The van der Waals surface area contributed by atoms with E-state index >= 15 is 0 Å². The van der Waals surface area contributed by atoms with E-state index in [1.165, 1.54) is 30.6 Å². The Hall–Kier alpha value is -7.50. The molecule has 0 unspecified atom stereocenters. The van der Waals surface area contributed by atoms with Gasteiger partial charge < -0.3 is 84.4 Å². The van der Waals surface area contributed by atoms with Gasteiger partial charge >= 0.3 is 17.9 Å². The Bertz CT molecular complexity index is 2270. The Morgan fingerprint density at radius 1 is 0.500 bits per heavy atom. The van der Waals surface area contributed by atoms with E-state index in [0.29, 0.717) is 32.2 Å². The third-order valence-corrected chi connectivity index (χ3v) is 13.6. The number of rotatable bonds is 30. The van der Waals surface area contributed by atoms with Crippen molar-refractivity contribution >= 4 is 82.9 Å². The first-order chi connectivity index (χ1) is 36.6. The van der Waals surface area contributed by atoms with Gasteiger partial charge in [0.25, 0.3) is 0 Å². The first-order valence-corrected chi connectivity index (χ1v) is 26.0. The van der Waals surface area contributed by atoms with Gasteiger partial charge in [0.15, 0.2) is 0 Å². The number of carbonyl (C=O) groups excluding carboxylic acids is 11. The Balaban J connectivity index is 1.63. The van der Waals surface area contributed by atoms with Crippen LogP contribution >= 0.6 is 0 Å². The van der Waals surface area contributed by atoms with Gasteiger partial charge in [-0.15, -0.1) is 0 Å². The SMILES string of the molecule is CC(C)[C@H](NC(=O)[C@@H]1CCCN1C(=O)[C@H](C)NC(=O)[C@@H]1CCCN1C(=O)[C@H](C)NC(=O)[C@H](CCC(=O)O)NC(=O)[C@@H](N)CCCCN)C(=O)N[C@@H](C)C(=O)N[C@@H](CC(N)=O)C(=O)N1CCC[C@H]1C(=O)N[C@@H](CC(=O)O)C(=O)O. The zero-order chi connectivity index (χ0) is 58.7. The van der Waals surface area contributed by atoms with Gasteiger partial charge in [0.2, 0.25) is 65.0 Å². The van der Waals surface area contributed by atoms with E-state index in [1.807, 2.05) is 0 Å². The number of likely N-dealkylation sites (tertiary alicyclic amines) is 3. The Labute approximate surface area is 450 Å². The Morgan fingerprint density at radius 3 is 1.45 bits per heavy atom. The van der Waals surface area contributed by atoms with Crippen molar-refractivity contribution in [1.82, 2.24) is 51.9 Å². The molecule has 0 bridgehead atoms. The van der Waals surface area contributed by atoms with Crippen LogP contribution in [0.2, 0.25) is 0 Å². The molecule has 16 N–H and O–H groups in total. The second kappa shape index (κ2) is 30.4. The number of nitrogens with two attached hydrogens (primary N) is 3. The molecule has 11 amide bonds. The first-order valence-electron chi connectivity index (χ1n) is 26.0. The maximum atomic E-state index is 13.9. The summed E-state index contributed by atoms with van der Waals surface area (Å²) in [5.41, 5.74) is 16.8. The highest BCUT2D eigenvalue weighted by molar-refractivity contribution is 6.00. The van der Waals surface area contributed by atoms with Crippen LogP contribution in [-0.4, -0.2) is 206 Å². The first kappa shape index (κ1) is 64.8. The maximum absolute atomic E-state index is 13.9. The summed E-state index contributed by atoms with van der Waals surface area (Å²) in [7, 11) is 0. The summed E-state index contributed by atoms with van der Waals surface area (Å²) in [5.74, 6) is -14.0. The number of hydrogen-bond acceptors (Lipinski definition) is 16. The van der Waals surface area contributed by atoms with Crippen molar-refractivity contribution in [1.29, 1.82) is 0 Å². The summed E-state index contributed by atoms with van der Waals surface area (Å²) < 4.78 is 0. The van der Waals surface area contributed by atoms with Crippen LogP contribution in [0.25, 0.3) is 0 Å². The zero-order valence-electron chi connectivity index (χ0n) is 44.6. The maximum Gasteiger partial charge on any atom is 0.326 e. The molecule has 30 heteroatoms. The minimum absolute atomic E-state index is 0.0426. The average molecular weight is 1110 g/mol. The minimum Gasteiger partial charge on any atom is -0.481 e. The summed E-state index contributed by atoms with van der Waals surface area (Å²) in [4.78, 5) is 185. The predicted octanol–water partition coefficient (Wildman–Crippen LogP) is -5.18. The molecule has 3 aliphatic heterocycles. The molecular formula is C48H77N13O17. The highest BCUT2D eigenvalue weighted by atomic mass is 16.4. The third kappa shape index (κ3) is 18.9. The highest BCUT2D eigenvalue weighted by Gasteiger charge is 2.43. The van der Waals surface area contributed by atoms with Crippen LogP contribution in [0.15, 0.2) is 0 Å². The van der Waals surface area contributed by atoms with Gasteiger partial charge in [-0.05, 0) is 91.0 Å². The summed E-state index contributed by atoms with van der Waals surface area (Å²) in [6.45, 7) is 7.77. The van der Waals surface area contributed by atoms with Crippen molar-refractivity contribution in [3.05, 3.63) is 0 Å². The molecule has 0 aromatic rings. The minimum atomic E-state index is -1.81. The fourth-order valence-corrected chi connectivity index (χ4v) is 9.30. The van der Waals surface area contributed by atoms with E-state index in [9.17, 15) is 77.3 Å². The summed E-state index contributed by atoms with van der Waals surface area (Å²) in [6.07, 6.45) is 0.392. The largest absolute Gasteiger partial charge is 0.481 e. The van der Waals surface area contributed by atoms with Crippen LogP contribution in [0, 0.1) is 5.92 Å². The smallest absolute Gasteiger partial charge is 0.326 e. The molecule has 3 rings (SSSR count). The van der Waals surface area contributed by atoms with Gasteiger partial charge in [-0.3, -0.25) is 62.3 Å². The number of aliphatic carboxylic acids is 3. The fourth-order valence-electron chi connectivity index (χ4n) is 9.30. The standard InChI is InChI=1S/C48H77N13O17/c1-23(2)37(44(73)52-24(3)38(67)56-29(21-34(51)62)47(76)61-20-10-13-32(61)42(71)57-30(48(77)78)22-36(65)66)58-43(72)33-14-9-19-60(33)46(75)26(5)54-41(70)31-12-8-18-59(31)45(74)25(4)53-40(69)28(15-16-35(63)64)55-39(68)27(50)11-6-7-17-49/h23-33,37H,6-22,49-50H2,1-5H3,(H2,51,62)(H,52,73)(H,53,69)(H,54,70)(H,55,68)(H,56,67)(H,57,71)(H,58,72)(H,63,64)(H,65,66)(H,77,78)/t24-,25-,26-,27-,28-,29-,30-,31-,32-,33-,37-/m0/s1. The molecule has 0 aliphatic carbocycles. The van der Waals surface area contributed by atoms with Gasteiger partial charge in [-0.1, -0.05) is 20.3 Å². The van der Waals surface area contributed by atoms with Crippen molar-refractivity contribution in [2.75, 3.05) is 26.2 Å². The Kier molecular flexibility index (Phi) is 25.3. The quantitative estimate of drug-likeness (QED) is 0.0299. The molecule has 3 fully saturated rings. The number of unbranched alkanes of at least 4 members (excludes halogenated alkanes) is 1. The van der Waals surface area contributed by atoms with E-state index < -0.39 is 175 Å². The van der Waals surface area contributed by atoms with Crippen LogP contribution in [0.1, 0.15) is 118 Å². The van der Waals surface area contributed by atoms with Gasteiger partial charge in [0.05, 0.1) is 18.9 Å². The number of amides is 11. The monoisotopic (exact) mass is 1110 g/mol. The number of carbonyl (C=O) groups is 14. The number of nitrogens with one attached hydrogen (secondary N) is 7. The molecule has 78 heavy (non-hydrogen) atoms. The fraction of sp³-hybridized carbons (Fsp3) is 0.708. The molecule has 3 saturated heterocycles. The highest BCUT2D eigenvalue weighted by Crippen LogP contribution is 2.23. The van der Waals surface area contributed by atoms with E-state index in [0.717, 1.165) is 4.90 Å². The van der Waals surface area contributed by atoms with Crippen LogP contribution in [-0.2, 0) is 67.1 Å². The number of nitrogens with zero attached hydrogens (tertiary/aromatic N) is 3. The van der Waals surface area contributed by atoms with Gasteiger partial charge in [0, 0.05) is 26.1 Å². The summed E-state index contributed by atoms with van der Waals surface area (Å²) in [5, 5.41) is 44.8. The van der Waals surface area contributed by atoms with Crippen molar-refractivity contribution in [2.24, 2.45) is 23.1 Å². The lowest BCUT2D eigenvalue weighted by Crippen LogP contribution is -2.60. The van der Waals surface area contributed by atoms with Gasteiger partial charge in [0.1, 0.15) is 60.4 Å². The third-order valence-electron chi connectivity index (χ3n) is 13.6. The molecule has 3 heterocycles. The molecule has 0 spiro atoms. The molecule has 30 nitrogen and oxygen atoms in total. The van der Waals surface area contributed by atoms with E-state index in [2.05, 4.69) is 37.2 Å². The van der Waals surface area contributed by atoms with Gasteiger partial charge in [-0.25, -0.2) is 4.79 Å². The summed E-state index contributed by atoms with van der Waals surface area (Å²) >= 11 is 0. The van der Waals surface area contributed by atoms with Crippen LogP contribution < -0.4 is 54.4 Å². The number of hydrogen-bond donors (Lipinski definition) is 13. The van der Waals surface area contributed by atoms with E-state index in [4.69, 9.17) is 22.3 Å². The second-order valence-corrected chi connectivity index (χ2v) is 20.1. The van der Waals surface area contributed by atoms with E-state index in [-0.39, 0.29) is 58.2 Å². The molecule has 0 aromatic heterocycles. The molecular weight excluding hydrogens is 1030 g/mol. The molecule has 436 valence electrons. The van der Waals surface area contributed by atoms with Crippen LogP contribution in [0.5, 0.6) is 0 Å². The molecule has 0 saturated carbocycles. The second-order valence-electron chi connectivity index (χ2n) is 20.1. The molecule has 11 atom stereocenters. The number of primary amides is 1. The predicted molar refractivity (Wildman–Crippen MR) is 271 cm³/mol. The zero-order valence-corrected chi connectivity index (χ0v) is 44.6. The Morgan fingerprint density at radius 2 is 0.974 bits per heavy atom. The van der Waals surface area contributed by atoms with Crippen molar-refractivity contribution in [3.63, 3.8) is 0 Å². The average Bonchev–Trinajstić information content (AvgIpc) is 4.17. The lowest BCUT2D eigenvalue weighted by Gasteiger charge is -2.31. The van der Waals surface area contributed by atoms with Crippen LogP contribution in [0.4, 0.5) is 0 Å². The lowest BCUT2D eigenvalue weighted by atomic mass is 10.0. The number of carboxylic acids is 3. The van der Waals surface area contributed by atoms with E-state index in [1.54, 1.807) is 13.8 Å². The molecule has 3 aliphatic rings. The lowest BCUT2D eigenvalue weighted by molar-refractivity contribution is -0.148. The van der Waals surface area contributed by atoms with Gasteiger partial charge in [-0.2, -0.15) is 0 Å². The number of carboxylic acid groups (broad SMARTS) is 3. The molecule has 0 radical (unpaired) electrons. The normalized spacial score (nSPS) is 20.1. The molecule has 0 aromatic carbocycles. The summed E-state index contributed by atoms with van der Waals surface area (Å²) in [6, 6.07) is -14.4. The van der Waals surface area contributed by atoms with Crippen molar-refractivity contribution in [2.45, 2.75) is 185 Å².